The molecule has 6 heteroatoms. The molecular formula is C29H24N2O4. The van der Waals surface area contributed by atoms with Crippen molar-refractivity contribution in [1.29, 1.82) is 5.41 Å². The molecule has 0 amide bonds. The van der Waals surface area contributed by atoms with Gasteiger partial charge in [0.25, 0.3) is 0 Å². The lowest BCUT2D eigenvalue weighted by Crippen LogP contribution is -2.28. The van der Waals surface area contributed by atoms with Gasteiger partial charge in [-0.25, -0.2) is 0 Å². The quantitative estimate of drug-likeness (QED) is 0.322. The molecule has 0 aliphatic carbocycles. The van der Waals surface area contributed by atoms with E-state index in [9.17, 15) is 4.79 Å². The molecule has 6 nitrogen and oxygen atoms in total. The van der Waals surface area contributed by atoms with Gasteiger partial charge < -0.3 is 18.9 Å². The number of hydrogen-bond donors (Lipinski definition) is 2. The maximum absolute atomic E-state index is 14.0. The Bertz CT molecular complexity index is 1760. The number of ether oxygens (including phenoxy) is 1. The van der Waals surface area contributed by atoms with Crippen LogP contribution in [-0.4, -0.2) is 6.61 Å². The van der Waals surface area contributed by atoms with Crippen LogP contribution >= 0.6 is 0 Å². The first kappa shape index (κ1) is 21.2. The van der Waals surface area contributed by atoms with Crippen molar-refractivity contribution in [3.8, 4) is 5.75 Å². The van der Waals surface area contributed by atoms with Gasteiger partial charge in [-0.1, -0.05) is 41.5 Å². The van der Waals surface area contributed by atoms with Crippen LogP contribution in [0.15, 0.2) is 74.3 Å². The summed E-state index contributed by atoms with van der Waals surface area (Å²) < 4.78 is 18.3. The van der Waals surface area contributed by atoms with Crippen molar-refractivity contribution in [2.45, 2.75) is 26.7 Å². The summed E-state index contributed by atoms with van der Waals surface area (Å²) in [7, 11) is 0. The Labute approximate surface area is 201 Å². The fraction of sp³-hybridized carbons (Fsp3) is 0.172. The van der Waals surface area contributed by atoms with E-state index in [1.165, 1.54) is 0 Å². The molecule has 0 saturated heterocycles. The third-order valence-corrected chi connectivity index (χ3v) is 6.56. The van der Waals surface area contributed by atoms with Gasteiger partial charge in [0.1, 0.15) is 16.9 Å². The molecule has 3 heterocycles. The summed E-state index contributed by atoms with van der Waals surface area (Å²) in [5.41, 5.74) is 5.51. The zero-order valence-electron chi connectivity index (χ0n) is 19.7. The van der Waals surface area contributed by atoms with Crippen LogP contribution < -0.4 is 21.0 Å². The smallest absolute Gasteiger partial charge is 0.218 e. The molecule has 174 valence electrons. The minimum atomic E-state index is -0.605. The molecule has 1 unspecified atom stereocenters. The van der Waals surface area contributed by atoms with Gasteiger partial charge in [0, 0.05) is 10.9 Å². The Balaban J connectivity index is 1.77. The lowest BCUT2D eigenvalue weighted by Gasteiger charge is -2.29. The van der Waals surface area contributed by atoms with Crippen molar-refractivity contribution in [2.75, 3.05) is 11.9 Å². The van der Waals surface area contributed by atoms with E-state index >= 15 is 0 Å². The van der Waals surface area contributed by atoms with Crippen molar-refractivity contribution < 1.29 is 13.6 Å². The van der Waals surface area contributed by atoms with Crippen LogP contribution in [0.4, 0.5) is 11.6 Å². The van der Waals surface area contributed by atoms with E-state index < -0.39 is 5.92 Å². The molecule has 1 aliphatic heterocycles. The number of para-hydroxylation sites is 1. The monoisotopic (exact) mass is 464 g/mol. The average molecular weight is 465 g/mol. The highest BCUT2D eigenvalue weighted by Gasteiger charge is 2.37. The summed E-state index contributed by atoms with van der Waals surface area (Å²) in [4.78, 5) is 14.0. The lowest BCUT2D eigenvalue weighted by atomic mass is 9.81. The number of aryl methyl sites for hydroxylation is 2. The minimum Gasteiger partial charge on any atom is -0.494 e. The Morgan fingerprint density at radius 3 is 2.34 bits per heavy atom. The van der Waals surface area contributed by atoms with Crippen LogP contribution in [0.25, 0.3) is 21.9 Å². The van der Waals surface area contributed by atoms with Gasteiger partial charge in [0.2, 0.25) is 11.4 Å². The zero-order chi connectivity index (χ0) is 24.3. The highest BCUT2D eigenvalue weighted by molar-refractivity contribution is 5.96. The van der Waals surface area contributed by atoms with Gasteiger partial charge in [-0.15, -0.1) is 0 Å². The SMILES string of the molecule is CCOc1ccccc1C1c2c(c3cc(C)ccc3oc2=N)Nc2oc3ccc(C)cc3c(=O)c21. The lowest BCUT2D eigenvalue weighted by molar-refractivity contribution is 0.336. The number of benzene rings is 3. The summed E-state index contributed by atoms with van der Waals surface area (Å²) in [6.07, 6.45) is 0. The molecule has 6 rings (SSSR count). The van der Waals surface area contributed by atoms with Crippen LogP contribution in [0.2, 0.25) is 0 Å². The fourth-order valence-electron chi connectivity index (χ4n) is 5.02. The number of hydrogen-bond acceptors (Lipinski definition) is 6. The van der Waals surface area contributed by atoms with E-state index in [4.69, 9.17) is 19.0 Å². The maximum Gasteiger partial charge on any atom is 0.218 e. The largest absolute Gasteiger partial charge is 0.494 e. The van der Waals surface area contributed by atoms with Gasteiger partial charge in [0.15, 0.2) is 5.43 Å². The second-order valence-electron chi connectivity index (χ2n) is 8.92. The normalized spacial score (nSPS) is 14.4. The fourth-order valence-corrected chi connectivity index (χ4v) is 5.02. The second kappa shape index (κ2) is 7.87. The standard InChI is InChI=1S/C29H24N2O4/c1-4-33-20-8-6-5-7-17(20)23-24-26(18-13-15(2)9-11-21(18)34-28(24)30)31-29-25(23)27(32)19-14-16(3)10-12-22(19)35-29/h5-14,23,30-31H,4H2,1-3H3. The highest BCUT2D eigenvalue weighted by atomic mass is 16.5. The Morgan fingerprint density at radius 1 is 0.914 bits per heavy atom. The number of anilines is 2. The van der Waals surface area contributed by atoms with Gasteiger partial charge in [-0.05, 0) is 51.1 Å². The molecule has 0 bridgehead atoms. The van der Waals surface area contributed by atoms with Crippen LogP contribution in [0.1, 0.15) is 40.7 Å². The molecule has 3 aromatic carbocycles. The first-order valence-corrected chi connectivity index (χ1v) is 11.6. The van der Waals surface area contributed by atoms with Crippen LogP contribution in [-0.2, 0) is 0 Å². The molecule has 2 N–H and O–H groups in total. The van der Waals surface area contributed by atoms with Crippen LogP contribution in [0.3, 0.4) is 0 Å². The summed E-state index contributed by atoms with van der Waals surface area (Å²) in [6.45, 7) is 6.35. The molecular weight excluding hydrogens is 440 g/mol. The number of rotatable bonds is 3. The van der Waals surface area contributed by atoms with Crippen molar-refractivity contribution >= 4 is 33.5 Å². The first-order valence-electron chi connectivity index (χ1n) is 11.6. The zero-order valence-corrected chi connectivity index (χ0v) is 19.7. The van der Waals surface area contributed by atoms with Crippen LogP contribution in [0.5, 0.6) is 5.75 Å². The Kier molecular flexibility index (Phi) is 4.78. The minimum absolute atomic E-state index is 0.00505. The van der Waals surface area contributed by atoms with Crippen molar-refractivity contribution in [1.82, 2.24) is 0 Å². The average Bonchev–Trinajstić information content (AvgIpc) is 2.85. The van der Waals surface area contributed by atoms with E-state index in [-0.39, 0.29) is 11.0 Å². The molecule has 1 atom stereocenters. The highest BCUT2D eigenvalue weighted by Crippen LogP contribution is 2.47. The molecule has 35 heavy (non-hydrogen) atoms. The molecule has 5 aromatic rings. The van der Waals surface area contributed by atoms with Crippen molar-refractivity contribution in [3.63, 3.8) is 0 Å². The summed E-state index contributed by atoms with van der Waals surface area (Å²) in [5, 5.41) is 13.6. The topological polar surface area (TPSA) is 88.5 Å². The van der Waals surface area contributed by atoms with Gasteiger partial charge in [-0.3, -0.25) is 10.2 Å². The van der Waals surface area contributed by atoms with E-state index in [0.29, 0.717) is 51.6 Å². The summed E-state index contributed by atoms with van der Waals surface area (Å²) >= 11 is 0. The van der Waals surface area contributed by atoms with E-state index in [0.717, 1.165) is 22.1 Å². The van der Waals surface area contributed by atoms with E-state index in [1.54, 1.807) is 0 Å². The van der Waals surface area contributed by atoms with Crippen LogP contribution in [0, 0.1) is 19.3 Å². The predicted octanol–water partition coefficient (Wildman–Crippen LogP) is 6.27. The molecule has 0 spiro atoms. The molecule has 0 fully saturated rings. The van der Waals surface area contributed by atoms with E-state index in [1.807, 2.05) is 81.4 Å². The second-order valence-corrected chi connectivity index (χ2v) is 8.92. The molecule has 0 saturated carbocycles. The number of nitrogens with one attached hydrogen (secondary N) is 2. The predicted molar refractivity (Wildman–Crippen MR) is 136 cm³/mol. The Hall–Kier alpha value is -4.32. The summed E-state index contributed by atoms with van der Waals surface area (Å²) in [6, 6.07) is 19.1. The third-order valence-electron chi connectivity index (χ3n) is 6.56. The molecule has 0 radical (unpaired) electrons. The summed E-state index contributed by atoms with van der Waals surface area (Å²) in [5.74, 6) is 0.432. The third kappa shape index (κ3) is 3.25. The first-order chi connectivity index (χ1) is 17.0. The maximum atomic E-state index is 14.0. The van der Waals surface area contributed by atoms with Gasteiger partial charge in [-0.2, -0.15) is 0 Å². The number of fused-ring (bicyclic) bond motifs is 5. The molecule has 2 aromatic heterocycles. The van der Waals surface area contributed by atoms with Crippen molar-refractivity contribution in [3.05, 3.63) is 104 Å². The van der Waals surface area contributed by atoms with E-state index in [2.05, 4.69) is 5.32 Å². The van der Waals surface area contributed by atoms with Crippen molar-refractivity contribution in [2.24, 2.45) is 0 Å². The van der Waals surface area contributed by atoms with Gasteiger partial charge in [0.05, 0.1) is 34.7 Å². The van der Waals surface area contributed by atoms with Gasteiger partial charge >= 0.3 is 0 Å². The Morgan fingerprint density at radius 2 is 1.60 bits per heavy atom. The molecule has 1 aliphatic rings.